The number of likely N-dealkylation sites (tertiary alicyclic amines) is 1. The van der Waals surface area contributed by atoms with Crippen LogP contribution in [0.5, 0.6) is 0 Å². The minimum Gasteiger partial charge on any atom is -0.394 e. The number of carbonyl (C=O) groups excluding carboxylic acids is 1. The number of hydrogen-bond acceptors (Lipinski definition) is 3. The molecule has 0 aromatic rings. The Morgan fingerprint density at radius 2 is 2.18 bits per heavy atom. The number of rotatable bonds is 4. The second-order valence-electron chi connectivity index (χ2n) is 4.97. The smallest absolute Gasteiger partial charge is 0.254 e. The minimum atomic E-state index is -0.752. The first-order chi connectivity index (χ1) is 8.09. The number of methoxy groups -OCH3 is 1. The standard InChI is InChI=1S/C13H25NO3/c1-4-13(2,17-3)12(16)14-9-7-5-6-8-11(14)10-15/h11,15H,4-10H2,1-3H3. The van der Waals surface area contributed by atoms with Crippen molar-refractivity contribution in [3.63, 3.8) is 0 Å². The topological polar surface area (TPSA) is 49.8 Å². The number of amides is 1. The predicted molar refractivity (Wildman–Crippen MR) is 66.8 cm³/mol. The first-order valence-corrected chi connectivity index (χ1v) is 6.56. The van der Waals surface area contributed by atoms with Gasteiger partial charge in [-0.3, -0.25) is 4.79 Å². The zero-order chi connectivity index (χ0) is 12.9. The molecule has 1 amide bonds. The molecule has 1 saturated heterocycles. The Morgan fingerprint density at radius 3 is 2.71 bits per heavy atom. The van der Waals surface area contributed by atoms with Crippen LogP contribution in [0.25, 0.3) is 0 Å². The predicted octanol–water partition coefficient (Wildman–Crippen LogP) is 1.56. The first kappa shape index (κ1) is 14.5. The molecule has 1 aliphatic heterocycles. The molecule has 0 aromatic heterocycles. The maximum atomic E-state index is 12.5. The van der Waals surface area contributed by atoms with Gasteiger partial charge < -0.3 is 14.7 Å². The molecule has 0 saturated carbocycles. The molecule has 2 unspecified atom stereocenters. The Kier molecular flexibility index (Phi) is 5.40. The van der Waals surface area contributed by atoms with Crippen LogP contribution in [0.4, 0.5) is 0 Å². The molecule has 0 aromatic carbocycles. The van der Waals surface area contributed by atoms with Gasteiger partial charge in [-0.05, 0) is 26.2 Å². The van der Waals surface area contributed by atoms with E-state index in [9.17, 15) is 9.90 Å². The average molecular weight is 243 g/mol. The van der Waals surface area contributed by atoms with Crippen LogP contribution in [-0.4, -0.2) is 47.8 Å². The molecule has 1 fully saturated rings. The number of carbonyl (C=O) groups is 1. The van der Waals surface area contributed by atoms with Gasteiger partial charge >= 0.3 is 0 Å². The summed E-state index contributed by atoms with van der Waals surface area (Å²) in [5.74, 6) is 0.0171. The van der Waals surface area contributed by atoms with E-state index in [4.69, 9.17) is 4.74 Å². The van der Waals surface area contributed by atoms with E-state index in [1.165, 1.54) is 0 Å². The summed E-state index contributed by atoms with van der Waals surface area (Å²) < 4.78 is 5.36. The second-order valence-corrected chi connectivity index (χ2v) is 4.97. The monoisotopic (exact) mass is 243 g/mol. The zero-order valence-electron chi connectivity index (χ0n) is 11.2. The van der Waals surface area contributed by atoms with Gasteiger partial charge in [0.1, 0.15) is 5.60 Å². The summed E-state index contributed by atoms with van der Waals surface area (Å²) in [4.78, 5) is 14.3. The van der Waals surface area contributed by atoms with E-state index < -0.39 is 5.60 Å². The van der Waals surface area contributed by atoms with Gasteiger partial charge in [-0.1, -0.05) is 19.8 Å². The fraction of sp³-hybridized carbons (Fsp3) is 0.923. The second kappa shape index (κ2) is 6.36. The van der Waals surface area contributed by atoms with Gasteiger partial charge in [-0.25, -0.2) is 0 Å². The number of aliphatic hydroxyl groups is 1. The van der Waals surface area contributed by atoms with Gasteiger partial charge in [-0.2, -0.15) is 0 Å². The third-order valence-corrected chi connectivity index (χ3v) is 3.93. The highest BCUT2D eigenvalue weighted by Gasteiger charge is 2.38. The average Bonchev–Trinajstić information content (AvgIpc) is 2.61. The van der Waals surface area contributed by atoms with E-state index in [1.807, 2.05) is 18.7 Å². The molecule has 1 aliphatic rings. The van der Waals surface area contributed by atoms with Crippen LogP contribution in [-0.2, 0) is 9.53 Å². The lowest BCUT2D eigenvalue weighted by atomic mass is 9.99. The molecule has 4 heteroatoms. The van der Waals surface area contributed by atoms with Crippen molar-refractivity contribution in [1.82, 2.24) is 4.90 Å². The summed E-state index contributed by atoms with van der Waals surface area (Å²) in [5.41, 5.74) is -0.752. The van der Waals surface area contributed by atoms with E-state index in [1.54, 1.807) is 7.11 Å². The normalized spacial score (nSPS) is 25.2. The van der Waals surface area contributed by atoms with Crippen LogP contribution >= 0.6 is 0 Å². The molecule has 0 aliphatic carbocycles. The molecule has 100 valence electrons. The molecule has 1 heterocycles. The third-order valence-electron chi connectivity index (χ3n) is 3.93. The van der Waals surface area contributed by atoms with Crippen molar-refractivity contribution in [3.8, 4) is 0 Å². The minimum absolute atomic E-state index is 0.0171. The Morgan fingerprint density at radius 1 is 1.47 bits per heavy atom. The quantitative estimate of drug-likeness (QED) is 0.815. The zero-order valence-corrected chi connectivity index (χ0v) is 11.2. The van der Waals surface area contributed by atoms with Gasteiger partial charge in [0.25, 0.3) is 5.91 Å². The number of ether oxygens (including phenoxy) is 1. The molecular weight excluding hydrogens is 218 g/mol. The van der Waals surface area contributed by atoms with E-state index >= 15 is 0 Å². The van der Waals surface area contributed by atoms with Crippen LogP contribution in [0, 0.1) is 0 Å². The molecule has 17 heavy (non-hydrogen) atoms. The van der Waals surface area contributed by atoms with Crippen LogP contribution in [0.1, 0.15) is 46.0 Å². The van der Waals surface area contributed by atoms with E-state index in [2.05, 4.69) is 0 Å². The van der Waals surface area contributed by atoms with Gasteiger partial charge in [0, 0.05) is 13.7 Å². The highest BCUT2D eigenvalue weighted by molar-refractivity contribution is 5.85. The lowest BCUT2D eigenvalue weighted by Crippen LogP contribution is -2.52. The van der Waals surface area contributed by atoms with Crippen molar-refractivity contribution in [2.45, 2.75) is 57.6 Å². The third kappa shape index (κ3) is 3.19. The summed E-state index contributed by atoms with van der Waals surface area (Å²) in [6.45, 7) is 4.57. The number of aliphatic hydroxyl groups excluding tert-OH is 1. The SMILES string of the molecule is CCC(C)(OC)C(=O)N1CCCCCC1CO. The Labute approximate surface area is 104 Å². The van der Waals surface area contributed by atoms with Crippen molar-refractivity contribution in [2.75, 3.05) is 20.3 Å². The fourth-order valence-electron chi connectivity index (χ4n) is 2.32. The van der Waals surface area contributed by atoms with Gasteiger partial charge in [0.05, 0.1) is 12.6 Å². The van der Waals surface area contributed by atoms with Crippen molar-refractivity contribution < 1.29 is 14.6 Å². The summed E-state index contributed by atoms with van der Waals surface area (Å²) in [5, 5.41) is 9.41. The van der Waals surface area contributed by atoms with Crippen LogP contribution < -0.4 is 0 Å². The maximum absolute atomic E-state index is 12.5. The lowest BCUT2D eigenvalue weighted by molar-refractivity contribution is -0.156. The highest BCUT2D eigenvalue weighted by Crippen LogP contribution is 2.23. The van der Waals surface area contributed by atoms with Crippen LogP contribution in [0.3, 0.4) is 0 Å². The molecule has 1 N–H and O–H groups in total. The number of nitrogens with zero attached hydrogens (tertiary/aromatic N) is 1. The van der Waals surface area contributed by atoms with Gasteiger partial charge in [0.15, 0.2) is 0 Å². The van der Waals surface area contributed by atoms with Crippen molar-refractivity contribution >= 4 is 5.91 Å². The largest absolute Gasteiger partial charge is 0.394 e. The van der Waals surface area contributed by atoms with Gasteiger partial charge in [-0.15, -0.1) is 0 Å². The van der Waals surface area contributed by atoms with E-state index in [-0.39, 0.29) is 18.6 Å². The maximum Gasteiger partial charge on any atom is 0.254 e. The molecular formula is C13H25NO3. The molecule has 0 radical (unpaired) electrons. The van der Waals surface area contributed by atoms with Crippen molar-refractivity contribution in [1.29, 1.82) is 0 Å². The van der Waals surface area contributed by atoms with Crippen molar-refractivity contribution in [2.24, 2.45) is 0 Å². The number of hydrogen-bond donors (Lipinski definition) is 1. The molecule has 2 atom stereocenters. The highest BCUT2D eigenvalue weighted by atomic mass is 16.5. The summed E-state index contributed by atoms with van der Waals surface area (Å²) in [6.07, 6.45) is 4.79. The summed E-state index contributed by atoms with van der Waals surface area (Å²) in [7, 11) is 1.58. The summed E-state index contributed by atoms with van der Waals surface area (Å²) in [6, 6.07) is -0.0361. The molecule has 4 nitrogen and oxygen atoms in total. The van der Waals surface area contributed by atoms with Gasteiger partial charge in [0.2, 0.25) is 0 Å². The molecule has 1 rings (SSSR count). The Bertz CT molecular complexity index is 251. The van der Waals surface area contributed by atoms with Crippen molar-refractivity contribution in [3.05, 3.63) is 0 Å². The van der Waals surface area contributed by atoms with Crippen LogP contribution in [0.15, 0.2) is 0 Å². The lowest BCUT2D eigenvalue weighted by Gasteiger charge is -2.36. The van der Waals surface area contributed by atoms with E-state index in [0.717, 1.165) is 32.2 Å². The Balaban J connectivity index is 2.83. The molecule has 0 bridgehead atoms. The first-order valence-electron chi connectivity index (χ1n) is 6.56. The molecule has 0 spiro atoms. The van der Waals surface area contributed by atoms with Crippen LogP contribution in [0.2, 0.25) is 0 Å². The fourth-order valence-corrected chi connectivity index (χ4v) is 2.32. The Hall–Kier alpha value is -0.610. The summed E-state index contributed by atoms with van der Waals surface area (Å²) >= 11 is 0. The van der Waals surface area contributed by atoms with E-state index in [0.29, 0.717) is 6.42 Å².